The molecule has 0 radical (unpaired) electrons. The van der Waals surface area contributed by atoms with Crippen LogP contribution in [0.1, 0.15) is 24.1 Å². The highest BCUT2D eigenvalue weighted by molar-refractivity contribution is 5.84. The monoisotopic (exact) mass is 364 g/mol. The number of hydrogen-bond donors (Lipinski definition) is 1. The van der Waals surface area contributed by atoms with Crippen LogP contribution in [-0.4, -0.2) is 23.4 Å². The van der Waals surface area contributed by atoms with Gasteiger partial charge in [0, 0.05) is 11.6 Å². The number of rotatable bonds is 4. The third-order valence-electron chi connectivity index (χ3n) is 4.02. The Hall–Kier alpha value is -3.03. The van der Waals surface area contributed by atoms with Crippen LogP contribution in [0.3, 0.4) is 0 Å². The molecule has 1 N–H and O–H groups in total. The molecule has 0 saturated carbocycles. The summed E-state index contributed by atoms with van der Waals surface area (Å²) in [4.78, 5) is 25.2. The first-order valence-electron chi connectivity index (χ1n) is 7.83. The topological polar surface area (TPSA) is 58.6 Å². The molecule has 1 aliphatic heterocycles. The molecule has 26 heavy (non-hydrogen) atoms. The fourth-order valence-corrected chi connectivity index (χ4v) is 2.71. The van der Waals surface area contributed by atoms with Crippen LogP contribution in [0.25, 0.3) is 0 Å². The Morgan fingerprint density at radius 1 is 1.23 bits per heavy atom. The van der Waals surface area contributed by atoms with Gasteiger partial charge in [0.25, 0.3) is 0 Å². The highest BCUT2D eigenvalue weighted by Gasteiger charge is 2.29. The summed E-state index contributed by atoms with van der Waals surface area (Å²) in [5, 5.41) is 2.52. The van der Waals surface area contributed by atoms with Crippen molar-refractivity contribution in [3.8, 4) is 5.75 Å². The van der Waals surface area contributed by atoms with Gasteiger partial charge in [0.15, 0.2) is 0 Å². The van der Waals surface area contributed by atoms with Gasteiger partial charge in [-0.1, -0.05) is 12.1 Å². The van der Waals surface area contributed by atoms with E-state index in [2.05, 4.69) is 5.32 Å². The summed E-state index contributed by atoms with van der Waals surface area (Å²) in [5.41, 5.74) is 0.287. The van der Waals surface area contributed by atoms with Crippen molar-refractivity contribution in [2.24, 2.45) is 0 Å². The van der Waals surface area contributed by atoms with Crippen LogP contribution >= 0.6 is 0 Å². The Morgan fingerprint density at radius 3 is 2.73 bits per heavy atom. The maximum atomic E-state index is 13.8. The molecule has 0 bridgehead atoms. The highest BCUT2D eigenvalue weighted by atomic mass is 19.1. The molecule has 1 aliphatic rings. The molecule has 0 unspecified atom stereocenters. The molecule has 2 aromatic carbocycles. The van der Waals surface area contributed by atoms with Gasteiger partial charge >= 0.3 is 6.09 Å². The first-order valence-corrected chi connectivity index (χ1v) is 7.83. The third-order valence-corrected chi connectivity index (χ3v) is 4.02. The van der Waals surface area contributed by atoms with Crippen LogP contribution < -0.4 is 10.1 Å². The van der Waals surface area contributed by atoms with Crippen molar-refractivity contribution in [1.29, 1.82) is 0 Å². The Morgan fingerprint density at radius 2 is 2.00 bits per heavy atom. The van der Waals surface area contributed by atoms with Gasteiger partial charge in [0.1, 0.15) is 29.7 Å². The molecule has 8 heteroatoms. The molecule has 1 atom stereocenters. The van der Waals surface area contributed by atoms with Crippen LogP contribution in [-0.2, 0) is 11.3 Å². The van der Waals surface area contributed by atoms with Crippen LogP contribution in [0.15, 0.2) is 36.4 Å². The first kappa shape index (κ1) is 17.8. The number of ether oxygens (including phenoxy) is 1. The fraction of sp³-hybridized carbons (Fsp3) is 0.222. The minimum atomic E-state index is -0.786. The first-order chi connectivity index (χ1) is 12.3. The Bertz CT molecular complexity index is 873. The number of nitrogens with zero attached hydrogens (tertiary/aromatic N) is 1. The summed E-state index contributed by atoms with van der Waals surface area (Å²) in [7, 11) is 0. The lowest BCUT2D eigenvalue weighted by Crippen LogP contribution is -2.44. The van der Waals surface area contributed by atoms with Gasteiger partial charge in [0.2, 0.25) is 5.91 Å². The summed E-state index contributed by atoms with van der Waals surface area (Å²) in [6.45, 7) is 1.02. The number of benzene rings is 2. The minimum Gasteiger partial charge on any atom is -0.410 e. The predicted octanol–water partition coefficient (Wildman–Crippen LogP) is 3.30. The number of halogens is 3. The van der Waals surface area contributed by atoms with E-state index in [0.717, 1.165) is 17.0 Å². The molecule has 3 rings (SSSR count). The summed E-state index contributed by atoms with van der Waals surface area (Å²) >= 11 is 0. The number of fused-ring (bicyclic) bond motifs is 1. The van der Waals surface area contributed by atoms with E-state index in [1.165, 1.54) is 31.2 Å². The van der Waals surface area contributed by atoms with Gasteiger partial charge in [-0.3, -0.25) is 9.69 Å². The fourth-order valence-electron chi connectivity index (χ4n) is 2.71. The summed E-state index contributed by atoms with van der Waals surface area (Å²) in [5.74, 6) is -2.51. The smallest absolute Gasteiger partial charge is 0.410 e. The highest BCUT2D eigenvalue weighted by Crippen LogP contribution is 2.28. The Labute approximate surface area is 147 Å². The van der Waals surface area contributed by atoms with E-state index in [9.17, 15) is 22.8 Å². The maximum Gasteiger partial charge on any atom is 0.416 e. The molecular weight excluding hydrogens is 349 g/mol. The second-order valence-electron chi connectivity index (χ2n) is 5.90. The zero-order chi connectivity index (χ0) is 18.8. The number of nitrogens with one attached hydrogen (secondary N) is 1. The molecule has 0 spiro atoms. The zero-order valence-corrected chi connectivity index (χ0v) is 13.8. The summed E-state index contributed by atoms with van der Waals surface area (Å²) in [6.07, 6.45) is -0.779. The normalized spacial score (nSPS) is 14.5. The van der Waals surface area contributed by atoms with E-state index < -0.39 is 35.5 Å². The van der Waals surface area contributed by atoms with Crippen molar-refractivity contribution in [3.05, 3.63) is 65.0 Å². The second-order valence-corrected chi connectivity index (χ2v) is 5.90. The van der Waals surface area contributed by atoms with Crippen molar-refractivity contribution < 1.29 is 27.5 Å². The largest absolute Gasteiger partial charge is 0.416 e. The van der Waals surface area contributed by atoms with E-state index in [0.29, 0.717) is 0 Å². The summed E-state index contributed by atoms with van der Waals surface area (Å²) in [6, 6.07) is 6.41. The lowest BCUT2D eigenvalue weighted by Gasteiger charge is -2.28. The quantitative estimate of drug-likeness (QED) is 0.906. The van der Waals surface area contributed by atoms with Crippen molar-refractivity contribution in [2.75, 3.05) is 6.54 Å². The lowest BCUT2D eigenvalue weighted by atomic mass is 10.1. The van der Waals surface area contributed by atoms with Crippen LogP contribution in [0.5, 0.6) is 5.75 Å². The van der Waals surface area contributed by atoms with Gasteiger partial charge in [-0.25, -0.2) is 18.0 Å². The van der Waals surface area contributed by atoms with E-state index in [1.54, 1.807) is 0 Å². The third kappa shape index (κ3) is 3.63. The SMILES string of the molecule is C[C@H](NC(=O)CN1Cc2c(F)cccc2OC1=O)c1ccc(F)cc1F. The average Bonchev–Trinajstić information content (AvgIpc) is 2.56. The molecule has 0 aromatic heterocycles. The van der Waals surface area contributed by atoms with Gasteiger partial charge in [-0.05, 0) is 25.1 Å². The van der Waals surface area contributed by atoms with Crippen molar-refractivity contribution in [2.45, 2.75) is 19.5 Å². The molecule has 5 nitrogen and oxygen atoms in total. The maximum absolute atomic E-state index is 13.8. The molecule has 0 fully saturated rings. The van der Waals surface area contributed by atoms with Crippen LogP contribution in [0.2, 0.25) is 0 Å². The number of amides is 2. The minimum absolute atomic E-state index is 0.109. The standard InChI is InChI=1S/C18H15F3N2O3/c1-10(12-6-5-11(19)7-15(12)21)22-17(24)9-23-8-13-14(20)3-2-4-16(13)26-18(23)25/h2-7,10H,8-9H2,1H3,(H,22,24)/t10-/m0/s1. The van der Waals surface area contributed by atoms with Gasteiger partial charge in [-0.2, -0.15) is 0 Å². The van der Waals surface area contributed by atoms with Crippen LogP contribution in [0.4, 0.5) is 18.0 Å². The molecular formula is C18H15F3N2O3. The van der Waals surface area contributed by atoms with Crippen molar-refractivity contribution in [3.63, 3.8) is 0 Å². The predicted molar refractivity (Wildman–Crippen MR) is 85.7 cm³/mol. The van der Waals surface area contributed by atoms with E-state index in [-0.39, 0.29) is 30.0 Å². The second kappa shape index (κ2) is 7.07. The molecule has 0 saturated heterocycles. The average molecular weight is 364 g/mol. The molecule has 2 aromatic rings. The van der Waals surface area contributed by atoms with Crippen LogP contribution in [0, 0.1) is 17.5 Å². The molecule has 2 amide bonds. The Kier molecular flexibility index (Phi) is 4.83. The van der Waals surface area contributed by atoms with E-state index in [4.69, 9.17) is 4.74 Å². The number of hydrogen-bond acceptors (Lipinski definition) is 3. The van der Waals surface area contributed by atoms with Gasteiger partial charge in [-0.15, -0.1) is 0 Å². The number of carbonyl (C=O) groups is 2. The van der Waals surface area contributed by atoms with Crippen molar-refractivity contribution >= 4 is 12.0 Å². The molecule has 0 aliphatic carbocycles. The Balaban J connectivity index is 1.66. The van der Waals surface area contributed by atoms with Crippen molar-refractivity contribution in [1.82, 2.24) is 10.2 Å². The molecule has 1 heterocycles. The van der Waals surface area contributed by atoms with E-state index >= 15 is 0 Å². The summed E-state index contributed by atoms with van der Waals surface area (Å²) < 4.78 is 45.6. The van der Waals surface area contributed by atoms with Gasteiger partial charge in [0.05, 0.1) is 18.2 Å². The zero-order valence-electron chi connectivity index (χ0n) is 13.8. The number of carbonyl (C=O) groups excluding carboxylic acids is 2. The molecule has 136 valence electrons. The lowest BCUT2D eigenvalue weighted by molar-refractivity contribution is -0.122. The van der Waals surface area contributed by atoms with E-state index in [1.807, 2.05) is 0 Å². The van der Waals surface area contributed by atoms with Gasteiger partial charge < -0.3 is 10.1 Å².